The Hall–Kier alpha value is -4.49. The first-order chi connectivity index (χ1) is 16.7. The van der Waals surface area contributed by atoms with Crippen LogP contribution in [0, 0.1) is 24.1 Å². The number of nitrogens with zero attached hydrogens (tertiary/aromatic N) is 2. The lowest BCUT2D eigenvalue weighted by Crippen LogP contribution is -2.40. The standard InChI is InChI=1S/C25H19FN4O4S/c1-13-5-3-8-16(9-13)29-23(32)21-20(14-6-4-7-15(26)10-14)17(12-27)22(28)30-24(33)18(35-25(21)30)11-19(31)34-2/h3-11,20H,28H2,1-2H3,(H,29,32)/b18-11-/t20-/m0/s1. The topological polar surface area (TPSA) is 127 Å². The minimum absolute atomic E-state index is 0.0227. The lowest BCUT2D eigenvalue weighted by Gasteiger charge is -2.25. The molecule has 10 heteroatoms. The van der Waals surface area contributed by atoms with Crippen molar-refractivity contribution in [2.24, 2.45) is 5.73 Å². The number of nitriles is 1. The summed E-state index contributed by atoms with van der Waals surface area (Å²) in [6, 6.07) is 14.5. The van der Waals surface area contributed by atoms with Gasteiger partial charge in [0.15, 0.2) is 0 Å². The van der Waals surface area contributed by atoms with Gasteiger partial charge in [0.1, 0.15) is 20.8 Å². The molecule has 1 aliphatic rings. The number of hydrogen-bond donors (Lipinski definition) is 2. The summed E-state index contributed by atoms with van der Waals surface area (Å²) in [6.45, 7) is 1.86. The molecule has 1 amide bonds. The van der Waals surface area contributed by atoms with E-state index in [-0.39, 0.29) is 26.2 Å². The summed E-state index contributed by atoms with van der Waals surface area (Å²) in [6.07, 6.45) is 0.991. The van der Waals surface area contributed by atoms with Crippen molar-refractivity contribution in [1.82, 2.24) is 4.57 Å². The monoisotopic (exact) mass is 490 g/mol. The van der Waals surface area contributed by atoms with Crippen LogP contribution in [0.3, 0.4) is 0 Å². The number of aromatic nitrogens is 1. The van der Waals surface area contributed by atoms with Crippen molar-refractivity contribution >= 4 is 46.4 Å². The van der Waals surface area contributed by atoms with Crippen LogP contribution >= 0.6 is 11.3 Å². The summed E-state index contributed by atoms with van der Waals surface area (Å²) in [5, 5.41) is 12.8. The van der Waals surface area contributed by atoms with Gasteiger partial charge in [-0.2, -0.15) is 5.26 Å². The van der Waals surface area contributed by atoms with Gasteiger partial charge >= 0.3 is 5.97 Å². The summed E-state index contributed by atoms with van der Waals surface area (Å²) in [4.78, 5) is 38.6. The molecule has 0 fully saturated rings. The number of benzene rings is 2. The molecule has 3 aromatic rings. The molecular weight excluding hydrogens is 471 g/mol. The Labute approximate surface area is 202 Å². The molecule has 1 aliphatic heterocycles. The fraction of sp³-hybridized carbons (Fsp3) is 0.120. The third-order valence-corrected chi connectivity index (χ3v) is 6.53. The zero-order valence-electron chi connectivity index (χ0n) is 18.7. The minimum atomic E-state index is -1.05. The molecule has 176 valence electrons. The van der Waals surface area contributed by atoms with E-state index in [1.54, 1.807) is 24.3 Å². The maximum absolute atomic E-state index is 14.2. The summed E-state index contributed by atoms with van der Waals surface area (Å²) in [5.41, 5.74) is 7.19. The molecule has 1 aromatic heterocycles. The van der Waals surface area contributed by atoms with Gasteiger partial charge in [0.2, 0.25) is 0 Å². The van der Waals surface area contributed by atoms with E-state index in [0.717, 1.165) is 27.5 Å². The molecular formula is C25H19FN4O4S. The highest BCUT2D eigenvalue weighted by Crippen LogP contribution is 2.36. The molecule has 4 rings (SSSR count). The van der Waals surface area contributed by atoms with Crippen LogP contribution in [0.2, 0.25) is 0 Å². The average molecular weight is 491 g/mol. The Morgan fingerprint density at radius 1 is 1.26 bits per heavy atom. The predicted molar refractivity (Wildman–Crippen MR) is 130 cm³/mol. The van der Waals surface area contributed by atoms with E-state index in [4.69, 9.17) is 5.73 Å². The molecule has 0 aliphatic carbocycles. The van der Waals surface area contributed by atoms with E-state index in [1.165, 1.54) is 25.3 Å². The highest BCUT2D eigenvalue weighted by atomic mass is 32.1. The van der Waals surface area contributed by atoms with Crippen molar-refractivity contribution in [3.8, 4) is 6.07 Å². The van der Waals surface area contributed by atoms with Crippen LogP contribution in [0.25, 0.3) is 17.5 Å². The second kappa shape index (κ2) is 9.40. The van der Waals surface area contributed by atoms with Gasteiger partial charge in [-0.1, -0.05) is 24.3 Å². The molecule has 2 aromatic carbocycles. The predicted octanol–water partition coefficient (Wildman–Crippen LogP) is 1.55. The highest BCUT2D eigenvalue weighted by Gasteiger charge is 2.35. The van der Waals surface area contributed by atoms with E-state index in [2.05, 4.69) is 10.1 Å². The van der Waals surface area contributed by atoms with Gasteiger partial charge in [0, 0.05) is 11.8 Å². The van der Waals surface area contributed by atoms with Gasteiger partial charge in [-0.3, -0.25) is 14.2 Å². The van der Waals surface area contributed by atoms with Crippen LogP contribution in [0.1, 0.15) is 17.0 Å². The van der Waals surface area contributed by atoms with Gasteiger partial charge in [-0.05, 0) is 42.3 Å². The van der Waals surface area contributed by atoms with E-state index in [9.17, 15) is 24.0 Å². The first-order valence-corrected chi connectivity index (χ1v) is 11.2. The van der Waals surface area contributed by atoms with Crippen molar-refractivity contribution in [3.63, 3.8) is 0 Å². The third kappa shape index (κ3) is 4.37. The van der Waals surface area contributed by atoms with Crippen molar-refractivity contribution in [2.75, 3.05) is 12.4 Å². The lowest BCUT2D eigenvalue weighted by molar-refractivity contribution is -0.133. The van der Waals surface area contributed by atoms with Crippen molar-refractivity contribution in [3.05, 3.63) is 90.6 Å². The fourth-order valence-electron chi connectivity index (χ4n) is 3.87. The van der Waals surface area contributed by atoms with Crippen molar-refractivity contribution in [2.45, 2.75) is 12.8 Å². The number of esters is 1. The number of amides is 1. The van der Waals surface area contributed by atoms with Gasteiger partial charge in [-0.15, -0.1) is 11.3 Å². The average Bonchev–Trinajstić information content (AvgIpc) is 3.14. The number of rotatable bonds is 4. The van der Waals surface area contributed by atoms with Crippen LogP contribution in [0.5, 0.6) is 0 Å². The Balaban J connectivity index is 2.06. The van der Waals surface area contributed by atoms with E-state index < -0.39 is 29.2 Å². The normalized spacial score (nSPS) is 15.4. The van der Waals surface area contributed by atoms with Gasteiger partial charge in [-0.25, -0.2) is 9.18 Å². The summed E-state index contributed by atoms with van der Waals surface area (Å²) >= 11 is 0.854. The molecule has 0 saturated carbocycles. The number of fused-ring (bicyclic) bond motifs is 1. The number of nitrogens with one attached hydrogen (secondary N) is 1. The number of nitrogens with two attached hydrogens (primary N) is 1. The number of aryl methyl sites for hydroxylation is 1. The van der Waals surface area contributed by atoms with Crippen LogP contribution in [0.15, 0.2) is 58.9 Å². The fourth-order valence-corrected chi connectivity index (χ4v) is 5.01. The Kier molecular flexibility index (Phi) is 6.36. The Morgan fingerprint density at radius 2 is 2.00 bits per heavy atom. The number of allylic oxidation sites excluding steroid dienone is 1. The molecule has 1 atom stereocenters. The largest absolute Gasteiger partial charge is 0.466 e. The third-order valence-electron chi connectivity index (χ3n) is 5.42. The molecule has 2 heterocycles. The molecule has 0 spiro atoms. The first kappa shape index (κ1) is 23.7. The molecule has 0 radical (unpaired) electrons. The molecule has 0 unspecified atom stereocenters. The quantitative estimate of drug-likeness (QED) is 0.535. The second-order valence-corrected chi connectivity index (χ2v) is 8.75. The minimum Gasteiger partial charge on any atom is -0.466 e. The molecule has 35 heavy (non-hydrogen) atoms. The number of carbonyl (C=O) groups excluding carboxylic acids is 2. The number of ether oxygens (including phenoxy) is 1. The van der Waals surface area contributed by atoms with Crippen molar-refractivity contribution in [1.29, 1.82) is 5.26 Å². The van der Waals surface area contributed by atoms with Crippen LogP contribution in [-0.2, 0) is 14.3 Å². The van der Waals surface area contributed by atoms with E-state index >= 15 is 0 Å². The zero-order chi connectivity index (χ0) is 25.3. The van der Waals surface area contributed by atoms with Crippen molar-refractivity contribution < 1.29 is 18.7 Å². The Morgan fingerprint density at radius 3 is 2.66 bits per heavy atom. The number of thiazole rings is 1. The molecule has 3 N–H and O–H groups in total. The number of halogens is 1. The molecule has 0 saturated heterocycles. The number of hydrogen-bond acceptors (Lipinski definition) is 7. The van der Waals surface area contributed by atoms with Crippen LogP contribution in [-0.4, -0.2) is 23.6 Å². The lowest BCUT2D eigenvalue weighted by atomic mass is 9.83. The number of methoxy groups -OCH3 is 1. The van der Waals surface area contributed by atoms with Gasteiger partial charge < -0.3 is 15.8 Å². The first-order valence-electron chi connectivity index (χ1n) is 10.3. The summed E-state index contributed by atoms with van der Waals surface area (Å²) in [7, 11) is 1.17. The number of anilines is 1. The summed E-state index contributed by atoms with van der Waals surface area (Å²) < 4.78 is 19.9. The van der Waals surface area contributed by atoms with E-state index in [0.29, 0.717) is 11.3 Å². The molecule has 0 bridgehead atoms. The molecule has 8 nitrogen and oxygen atoms in total. The van der Waals surface area contributed by atoms with Gasteiger partial charge in [0.05, 0.1) is 30.2 Å². The van der Waals surface area contributed by atoms with Gasteiger partial charge in [0.25, 0.3) is 11.5 Å². The summed E-state index contributed by atoms with van der Waals surface area (Å²) in [5.74, 6) is -3.19. The van der Waals surface area contributed by atoms with Crippen LogP contribution in [0.4, 0.5) is 10.1 Å². The van der Waals surface area contributed by atoms with E-state index in [1.807, 2.05) is 19.1 Å². The smallest absolute Gasteiger partial charge is 0.332 e. The maximum Gasteiger partial charge on any atom is 0.332 e. The second-order valence-electron chi connectivity index (χ2n) is 7.72. The number of carbonyl (C=O) groups is 2. The highest BCUT2D eigenvalue weighted by molar-refractivity contribution is 7.07. The zero-order valence-corrected chi connectivity index (χ0v) is 19.5. The SMILES string of the molecule is COC(=O)/C=c1\sc2n(c1=O)C(N)=C(C#N)[C@H](c1cccc(F)c1)C=2C(=O)Nc1cccc(C)c1. The van der Waals surface area contributed by atoms with Crippen LogP contribution < -0.4 is 25.8 Å². The maximum atomic E-state index is 14.2. The Bertz CT molecular complexity index is 1630.